The van der Waals surface area contributed by atoms with Crippen LogP contribution in [0.5, 0.6) is 0 Å². The van der Waals surface area contributed by atoms with Gasteiger partial charge in [0.1, 0.15) is 5.60 Å². The number of carbonyl (C=O) groups is 2. The van der Waals surface area contributed by atoms with Gasteiger partial charge in [-0.3, -0.25) is 10.3 Å². The van der Waals surface area contributed by atoms with Gasteiger partial charge in [0.05, 0.1) is 5.54 Å². The molecule has 1 aliphatic heterocycles. The largest absolute Gasteiger partial charge is 0.550 e. The predicted octanol–water partition coefficient (Wildman–Crippen LogP) is 0.513. The first kappa shape index (κ1) is 14.8. The standard InChI is InChI=1S/C11H18N2O4S/c1-10(2,3)17-9(16)12-8-13-11(4,6-18-8)5-7(14)15/h5-6H2,1-4H3,(H,14,15)(H,12,13,16)/p-1. The first-order valence-corrected chi connectivity index (χ1v) is 6.51. The molecule has 0 radical (unpaired) electrons. The van der Waals surface area contributed by atoms with Crippen LogP contribution in [0.4, 0.5) is 4.79 Å². The van der Waals surface area contributed by atoms with Gasteiger partial charge in [-0.1, -0.05) is 11.8 Å². The van der Waals surface area contributed by atoms with Crippen LogP contribution in [0.15, 0.2) is 4.99 Å². The van der Waals surface area contributed by atoms with E-state index in [0.29, 0.717) is 10.9 Å². The van der Waals surface area contributed by atoms with Crippen LogP contribution in [0, 0.1) is 0 Å². The molecule has 7 heteroatoms. The van der Waals surface area contributed by atoms with Gasteiger partial charge in [-0.2, -0.15) is 0 Å². The summed E-state index contributed by atoms with van der Waals surface area (Å²) < 4.78 is 5.08. The Labute approximate surface area is 110 Å². The molecule has 0 aromatic heterocycles. The van der Waals surface area contributed by atoms with Gasteiger partial charge in [0.2, 0.25) is 0 Å². The maximum atomic E-state index is 11.5. The molecule has 0 spiro atoms. The van der Waals surface area contributed by atoms with Crippen LogP contribution in [-0.2, 0) is 9.53 Å². The summed E-state index contributed by atoms with van der Waals surface area (Å²) in [6.07, 6.45) is -0.758. The molecule has 1 unspecified atom stereocenters. The molecule has 1 amide bonds. The van der Waals surface area contributed by atoms with Crippen LogP contribution < -0.4 is 10.4 Å². The van der Waals surface area contributed by atoms with Crippen LogP contribution in [0.25, 0.3) is 0 Å². The van der Waals surface area contributed by atoms with E-state index in [2.05, 4.69) is 10.3 Å². The predicted molar refractivity (Wildman–Crippen MR) is 67.3 cm³/mol. The highest BCUT2D eigenvalue weighted by Gasteiger charge is 2.32. The fourth-order valence-electron chi connectivity index (χ4n) is 1.39. The Morgan fingerprint density at radius 2 is 2.17 bits per heavy atom. The van der Waals surface area contributed by atoms with Crippen LogP contribution in [-0.4, -0.2) is 34.1 Å². The van der Waals surface area contributed by atoms with Crippen LogP contribution >= 0.6 is 11.8 Å². The van der Waals surface area contributed by atoms with Gasteiger partial charge >= 0.3 is 6.09 Å². The molecule has 0 aromatic rings. The van der Waals surface area contributed by atoms with Crippen molar-refractivity contribution >= 4 is 29.0 Å². The summed E-state index contributed by atoms with van der Waals surface area (Å²) in [6.45, 7) is 6.99. The lowest BCUT2D eigenvalue weighted by molar-refractivity contribution is -0.306. The molecule has 1 heterocycles. The first-order chi connectivity index (χ1) is 8.10. The maximum absolute atomic E-state index is 11.5. The van der Waals surface area contributed by atoms with Crippen molar-refractivity contribution in [3.05, 3.63) is 0 Å². The number of thioether (sulfide) groups is 1. The summed E-state index contributed by atoms with van der Waals surface area (Å²) in [4.78, 5) is 26.2. The Morgan fingerprint density at radius 3 is 2.67 bits per heavy atom. The lowest BCUT2D eigenvalue weighted by Crippen LogP contribution is -2.35. The van der Waals surface area contributed by atoms with E-state index in [1.54, 1.807) is 27.7 Å². The van der Waals surface area contributed by atoms with Crippen molar-refractivity contribution in [3.8, 4) is 0 Å². The highest BCUT2D eigenvalue weighted by Crippen LogP contribution is 2.29. The van der Waals surface area contributed by atoms with Crippen LogP contribution in [0.2, 0.25) is 0 Å². The average molecular weight is 273 g/mol. The third-order valence-electron chi connectivity index (χ3n) is 2.02. The topological polar surface area (TPSA) is 90.8 Å². The highest BCUT2D eigenvalue weighted by atomic mass is 32.2. The van der Waals surface area contributed by atoms with Gasteiger partial charge in [0.15, 0.2) is 5.17 Å². The number of carboxylic acids is 1. The fourth-order valence-corrected chi connectivity index (χ4v) is 2.44. The molecule has 102 valence electrons. The van der Waals surface area contributed by atoms with Crippen molar-refractivity contribution in [1.29, 1.82) is 0 Å². The van der Waals surface area contributed by atoms with E-state index in [9.17, 15) is 14.7 Å². The van der Waals surface area contributed by atoms with E-state index in [4.69, 9.17) is 4.74 Å². The number of hydrogen-bond donors (Lipinski definition) is 1. The van der Waals surface area contributed by atoms with Gasteiger partial charge in [-0.05, 0) is 27.7 Å². The third kappa shape index (κ3) is 4.95. The molecular formula is C11H17N2O4S-. The van der Waals surface area contributed by atoms with Crippen molar-refractivity contribution in [2.24, 2.45) is 4.99 Å². The summed E-state index contributed by atoms with van der Waals surface area (Å²) in [5.74, 6) is -0.660. The molecule has 1 N–H and O–H groups in total. The molecular weight excluding hydrogens is 256 g/mol. The fraction of sp³-hybridized carbons (Fsp3) is 0.727. The highest BCUT2D eigenvalue weighted by molar-refractivity contribution is 8.14. The van der Waals surface area contributed by atoms with Crippen molar-refractivity contribution in [2.75, 3.05) is 5.75 Å². The zero-order chi connectivity index (χ0) is 14.0. The van der Waals surface area contributed by atoms with Gasteiger partial charge in [-0.25, -0.2) is 4.79 Å². The molecule has 6 nitrogen and oxygen atoms in total. The summed E-state index contributed by atoms with van der Waals surface area (Å²) in [5, 5.41) is 13.5. The second-order valence-corrected chi connectivity index (χ2v) is 6.34. The number of carbonyl (C=O) groups excluding carboxylic acids is 2. The molecule has 18 heavy (non-hydrogen) atoms. The Morgan fingerprint density at radius 1 is 1.56 bits per heavy atom. The number of nitrogens with one attached hydrogen (secondary N) is 1. The van der Waals surface area contributed by atoms with Crippen molar-refractivity contribution in [3.63, 3.8) is 0 Å². The van der Waals surface area contributed by atoms with E-state index in [0.717, 1.165) is 0 Å². The number of amides is 1. The molecule has 1 rings (SSSR count). The second kappa shape index (κ2) is 5.17. The molecule has 1 aliphatic rings. The van der Waals surface area contributed by atoms with Crippen LogP contribution in [0.1, 0.15) is 34.1 Å². The summed E-state index contributed by atoms with van der Waals surface area (Å²) >= 11 is 1.29. The minimum Gasteiger partial charge on any atom is -0.550 e. The summed E-state index contributed by atoms with van der Waals surface area (Å²) in [7, 11) is 0. The summed E-state index contributed by atoms with van der Waals surface area (Å²) in [5.41, 5.74) is -1.31. The van der Waals surface area contributed by atoms with E-state index >= 15 is 0 Å². The van der Waals surface area contributed by atoms with Crippen molar-refractivity contribution in [1.82, 2.24) is 5.32 Å². The molecule has 0 saturated heterocycles. The molecule has 0 bridgehead atoms. The number of carboxylic acid groups (broad SMARTS) is 1. The zero-order valence-electron chi connectivity index (χ0n) is 10.9. The monoisotopic (exact) mass is 273 g/mol. The lowest BCUT2D eigenvalue weighted by Gasteiger charge is -2.20. The normalized spacial score (nSPS) is 23.4. The van der Waals surface area contributed by atoms with E-state index < -0.39 is 23.2 Å². The number of aliphatic imine (C=N–C) groups is 1. The molecule has 1 atom stereocenters. The minimum atomic E-state index is -1.15. The molecule has 0 aliphatic carbocycles. The Kier molecular flexibility index (Phi) is 4.26. The molecule has 0 fully saturated rings. The van der Waals surface area contributed by atoms with Gasteiger partial charge in [0.25, 0.3) is 0 Å². The Balaban J connectivity index is 2.57. The van der Waals surface area contributed by atoms with Gasteiger partial charge in [-0.15, -0.1) is 0 Å². The average Bonchev–Trinajstić information content (AvgIpc) is 2.41. The number of aliphatic carboxylic acids is 1. The van der Waals surface area contributed by atoms with E-state index in [-0.39, 0.29) is 6.42 Å². The Hall–Kier alpha value is -1.24. The maximum Gasteiger partial charge on any atom is 0.413 e. The number of hydrogen-bond acceptors (Lipinski definition) is 6. The third-order valence-corrected chi connectivity index (χ3v) is 3.26. The minimum absolute atomic E-state index is 0.167. The van der Waals surface area contributed by atoms with Gasteiger partial charge < -0.3 is 14.6 Å². The summed E-state index contributed by atoms with van der Waals surface area (Å²) in [6, 6.07) is 0. The number of rotatable bonds is 2. The number of ether oxygens (including phenoxy) is 1. The first-order valence-electron chi connectivity index (χ1n) is 5.52. The number of alkyl carbamates (subject to hydrolysis) is 1. The number of amidine groups is 1. The zero-order valence-corrected chi connectivity index (χ0v) is 11.7. The van der Waals surface area contributed by atoms with E-state index in [1.807, 2.05) is 0 Å². The molecule has 0 saturated carbocycles. The van der Waals surface area contributed by atoms with Crippen LogP contribution in [0.3, 0.4) is 0 Å². The Bertz CT molecular complexity index is 389. The van der Waals surface area contributed by atoms with Crippen molar-refractivity contribution < 1.29 is 19.4 Å². The van der Waals surface area contributed by atoms with Crippen molar-refractivity contribution in [2.45, 2.75) is 45.3 Å². The second-order valence-electron chi connectivity index (χ2n) is 5.38. The van der Waals surface area contributed by atoms with Gasteiger partial charge in [0, 0.05) is 18.1 Å². The number of nitrogens with zero attached hydrogens (tertiary/aromatic N) is 1. The SMILES string of the molecule is CC1(CC(=O)[O-])CSC(NC(=O)OC(C)(C)C)=N1. The quantitative estimate of drug-likeness (QED) is 0.791. The van der Waals surface area contributed by atoms with E-state index in [1.165, 1.54) is 11.8 Å². The molecule has 0 aromatic carbocycles. The lowest BCUT2D eigenvalue weighted by atomic mass is 10.0. The smallest absolute Gasteiger partial charge is 0.413 e.